The second-order valence-electron chi connectivity index (χ2n) is 6.35. The Balaban J connectivity index is 1.75. The van der Waals surface area contributed by atoms with Crippen molar-refractivity contribution in [2.45, 2.75) is 30.9 Å². The Bertz CT molecular complexity index is 580. The molecule has 118 valence electrons. The third-order valence-corrected chi connectivity index (χ3v) is 5.22. The van der Waals surface area contributed by atoms with Crippen molar-refractivity contribution in [2.75, 3.05) is 33.4 Å². The van der Waals surface area contributed by atoms with E-state index in [0.29, 0.717) is 0 Å². The standard InChI is InChI=1S/C18H23NO3/c1-20-14-5-6-16-15(13-14)18(7-3-2-4-8-18)17(22-16)19-9-11-21-12-10-19/h2-3,5-6,13,17H,4,7-12H2,1H3. The molecule has 1 aromatic carbocycles. The molecule has 4 heteroatoms. The molecule has 0 bridgehead atoms. The fourth-order valence-electron chi connectivity index (χ4n) is 4.05. The van der Waals surface area contributed by atoms with Crippen LogP contribution in [0.3, 0.4) is 0 Å². The van der Waals surface area contributed by atoms with Crippen LogP contribution in [-0.4, -0.2) is 44.5 Å². The highest BCUT2D eigenvalue weighted by atomic mass is 16.5. The van der Waals surface area contributed by atoms with Gasteiger partial charge < -0.3 is 14.2 Å². The second-order valence-corrected chi connectivity index (χ2v) is 6.35. The molecule has 2 aliphatic heterocycles. The number of rotatable bonds is 2. The van der Waals surface area contributed by atoms with Gasteiger partial charge in [-0.2, -0.15) is 0 Å². The zero-order chi connectivity index (χ0) is 15.0. The van der Waals surface area contributed by atoms with E-state index in [-0.39, 0.29) is 11.6 Å². The highest BCUT2D eigenvalue weighted by molar-refractivity contribution is 5.50. The molecule has 1 aromatic rings. The summed E-state index contributed by atoms with van der Waals surface area (Å²) in [7, 11) is 1.73. The van der Waals surface area contributed by atoms with Gasteiger partial charge in [0, 0.05) is 18.7 Å². The highest BCUT2D eigenvalue weighted by Gasteiger charge is 2.51. The van der Waals surface area contributed by atoms with Gasteiger partial charge in [-0.3, -0.25) is 4.90 Å². The minimum Gasteiger partial charge on any atom is -0.497 e. The van der Waals surface area contributed by atoms with Crippen LogP contribution in [0.1, 0.15) is 24.8 Å². The Kier molecular flexibility index (Phi) is 3.59. The number of morpholine rings is 1. The third kappa shape index (κ3) is 2.13. The molecule has 4 rings (SSSR count). The van der Waals surface area contributed by atoms with E-state index in [1.54, 1.807) is 7.11 Å². The molecule has 1 saturated heterocycles. The lowest BCUT2D eigenvalue weighted by atomic mass is 9.71. The Morgan fingerprint density at radius 3 is 2.82 bits per heavy atom. The summed E-state index contributed by atoms with van der Waals surface area (Å²) in [5, 5.41) is 0. The van der Waals surface area contributed by atoms with Crippen LogP contribution in [0.25, 0.3) is 0 Å². The smallest absolute Gasteiger partial charge is 0.163 e. The van der Waals surface area contributed by atoms with Gasteiger partial charge in [-0.05, 0) is 37.5 Å². The van der Waals surface area contributed by atoms with Gasteiger partial charge in [0.1, 0.15) is 11.5 Å². The monoisotopic (exact) mass is 301 g/mol. The molecule has 0 saturated carbocycles. The summed E-state index contributed by atoms with van der Waals surface area (Å²) >= 11 is 0. The summed E-state index contributed by atoms with van der Waals surface area (Å²) < 4.78 is 17.4. The Morgan fingerprint density at radius 1 is 1.23 bits per heavy atom. The van der Waals surface area contributed by atoms with Crippen LogP contribution in [-0.2, 0) is 10.2 Å². The fourth-order valence-corrected chi connectivity index (χ4v) is 4.05. The van der Waals surface area contributed by atoms with E-state index < -0.39 is 0 Å². The zero-order valence-electron chi connectivity index (χ0n) is 13.1. The van der Waals surface area contributed by atoms with Crippen LogP contribution < -0.4 is 9.47 Å². The molecule has 2 atom stereocenters. The van der Waals surface area contributed by atoms with Gasteiger partial charge in [0.2, 0.25) is 0 Å². The summed E-state index contributed by atoms with van der Waals surface area (Å²) in [6, 6.07) is 6.23. The van der Waals surface area contributed by atoms with Crippen molar-refractivity contribution in [3.05, 3.63) is 35.9 Å². The lowest BCUT2D eigenvalue weighted by Crippen LogP contribution is -2.54. The topological polar surface area (TPSA) is 30.9 Å². The van der Waals surface area contributed by atoms with Crippen molar-refractivity contribution in [1.29, 1.82) is 0 Å². The number of hydrogen-bond acceptors (Lipinski definition) is 4. The molecular weight excluding hydrogens is 278 g/mol. The highest BCUT2D eigenvalue weighted by Crippen LogP contribution is 2.52. The first-order valence-electron chi connectivity index (χ1n) is 8.15. The zero-order valence-corrected chi connectivity index (χ0v) is 13.1. The quantitative estimate of drug-likeness (QED) is 0.786. The average Bonchev–Trinajstić information content (AvgIpc) is 2.90. The van der Waals surface area contributed by atoms with Crippen molar-refractivity contribution < 1.29 is 14.2 Å². The molecule has 2 unspecified atom stereocenters. The summed E-state index contributed by atoms with van der Waals surface area (Å²) in [4.78, 5) is 2.45. The molecular formula is C18H23NO3. The summed E-state index contributed by atoms with van der Waals surface area (Å²) in [5.74, 6) is 1.94. The van der Waals surface area contributed by atoms with Gasteiger partial charge in [0.25, 0.3) is 0 Å². The van der Waals surface area contributed by atoms with Gasteiger partial charge in [-0.15, -0.1) is 0 Å². The number of allylic oxidation sites excluding steroid dienone is 2. The van der Waals surface area contributed by atoms with E-state index in [0.717, 1.165) is 57.1 Å². The van der Waals surface area contributed by atoms with Crippen LogP contribution >= 0.6 is 0 Å². The molecule has 4 nitrogen and oxygen atoms in total. The number of ether oxygens (including phenoxy) is 3. The molecule has 0 aromatic heterocycles. The molecule has 1 spiro atoms. The lowest BCUT2D eigenvalue weighted by Gasteiger charge is -2.42. The molecule has 2 heterocycles. The summed E-state index contributed by atoms with van der Waals surface area (Å²) in [6.07, 6.45) is 8.00. The number of methoxy groups -OCH3 is 1. The van der Waals surface area contributed by atoms with Crippen LogP contribution in [0.5, 0.6) is 11.5 Å². The van der Waals surface area contributed by atoms with Crippen molar-refractivity contribution in [2.24, 2.45) is 0 Å². The van der Waals surface area contributed by atoms with Gasteiger partial charge in [0.05, 0.1) is 25.7 Å². The SMILES string of the molecule is COc1ccc2c(c1)C1(CC=CCC1)C(N1CCOCC1)O2. The van der Waals surface area contributed by atoms with Crippen molar-refractivity contribution >= 4 is 0 Å². The van der Waals surface area contributed by atoms with Gasteiger partial charge >= 0.3 is 0 Å². The molecule has 22 heavy (non-hydrogen) atoms. The van der Waals surface area contributed by atoms with E-state index in [4.69, 9.17) is 14.2 Å². The first-order chi connectivity index (χ1) is 10.8. The molecule has 3 aliphatic rings. The average molecular weight is 301 g/mol. The van der Waals surface area contributed by atoms with Gasteiger partial charge in [-0.25, -0.2) is 0 Å². The summed E-state index contributed by atoms with van der Waals surface area (Å²) in [6.45, 7) is 3.49. The van der Waals surface area contributed by atoms with Gasteiger partial charge in [0.15, 0.2) is 6.23 Å². The van der Waals surface area contributed by atoms with Crippen LogP contribution in [0.2, 0.25) is 0 Å². The fraction of sp³-hybridized carbons (Fsp3) is 0.556. The molecule has 0 N–H and O–H groups in total. The van der Waals surface area contributed by atoms with Crippen molar-refractivity contribution in [1.82, 2.24) is 4.90 Å². The number of fused-ring (bicyclic) bond motifs is 2. The summed E-state index contributed by atoms with van der Waals surface area (Å²) in [5.41, 5.74) is 1.36. The van der Waals surface area contributed by atoms with E-state index in [1.165, 1.54) is 5.56 Å². The Hall–Kier alpha value is -1.52. The van der Waals surface area contributed by atoms with E-state index >= 15 is 0 Å². The number of nitrogens with zero attached hydrogens (tertiary/aromatic N) is 1. The van der Waals surface area contributed by atoms with Gasteiger partial charge in [-0.1, -0.05) is 12.2 Å². The van der Waals surface area contributed by atoms with Crippen LogP contribution in [0.15, 0.2) is 30.4 Å². The third-order valence-electron chi connectivity index (χ3n) is 5.22. The Labute approximate surface area is 131 Å². The van der Waals surface area contributed by atoms with E-state index in [1.807, 2.05) is 6.07 Å². The van der Waals surface area contributed by atoms with Crippen molar-refractivity contribution in [3.8, 4) is 11.5 Å². The number of hydrogen-bond donors (Lipinski definition) is 0. The lowest BCUT2D eigenvalue weighted by molar-refractivity contribution is -0.0699. The second kappa shape index (κ2) is 5.60. The molecule has 1 aliphatic carbocycles. The molecule has 0 amide bonds. The van der Waals surface area contributed by atoms with Crippen LogP contribution in [0, 0.1) is 0 Å². The minimum atomic E-state index is 0.0516. The first-order valence-corrected chi connectivity index (χ1v) is 8.15. The maximum atomic E-state index is 6.42. The maximum Gasteiger partial charge on any atom is 0.163 e. The Morgan fingerprint density at radius 2 is 2.09 bits per heavy atom. The minimum absolute atomic E-state index is 0.0516. The largest absolute Gasteiger partial charge is 0.497 e. The van der Waals surface area contributed by atoms with Crippen molar-refractivity contribution in [3.63, 3.8) is 0 Å². The van der Waals surface area contributed by atoms with E-state index in [9.17, 15) is 0 Å². The maximum absolute atomic E-state index is 6.42. The number of benzene rings is 1. The predicted molar refractivity (Wildman–Crippen MR) is 84.5 cm³/mol. The molecule has 1 fully saturated rings. The van der Waals surface area contributed by atoms with E-state index in [2.05, 4.69) is 29.2 Å². The van der Waals surface area contributed by atoms with Crippen LogP contribution in [0.4, 0.5) is 0 Å². The predicted octanol–water partition coefficient (Wildman–Crippen LogP) is 2.72. The normalized spacial score (nSPS) is 31.0. The first kappa shape index (κ1) is 14.1. The molecule has 0 radical (unpaired) electrons.